The molecule has 0 amide bonds. The normalized spacial score (nSPS) is 24.8. The maximum Gasteiger partial charge on any atom is 0.308 e. The van der Waals surface area contributed by atoms with Gasteiger partial charge in [-0.25, -0.2) is 4.39 Å². The van der Waals surface area contributed by atoms with Gasteiger partial charge in [0.25, 0.3) is 0 Å². The summed E-state index contributed by atoms with van der Waals surface area (Å²) in [5.74, 6) is 3.08. The predicted octanol–water partition coefficient (Wildman–Crippen LogP) is 14.7. The molecule has 1 aliphatic carbocycles. The fraction of sp³-hybridized carbons (Fsp3) is 0.953. The molecule has 1 spiro atoms. The molecule has 4 unspecified atom stereocenters. The quantitative estimate of drug-likeness (QED) is 0.145. The lowest BCUT2D eigenvalue weighted by Crippen LogP contribution is -2.49. The van der Waals surface area contributed by atoms with E-state index in [4.69, 9.17) is 4.74 Å². The van der Waals surface area contributed by atoms with Gasteiger partial charge in [0.05, 0.1) is 13.0 Å². The number of carbonyl (C=O) groups excluding carboxylic acids is 4. The van der Waals surface area contributed by atoms with Gasteiger partial charge in [0, 0.05) is 157 Å². The van der Waals surface area contributed by atoms with Crippen molar-refractivity contribution in [1.29, 1.82) is 0 Å². The van der Waals surface area contributed by atoms with Crippen molar-refractivity contribution in [1.82, 2.24) is 53.9 Å². The summed E-state index contributed by atoms with van der Waals surface area (Å²) >= 11 is 0. The van der Waals surface area contributed by atoms with Crippen molar-refractivity contribution in [3.8, 4) is 0 Å². The lowest BCUT2D eigenvalue weighted by molar-refractivity contribution is -0.147. The third-order valence-electron chi connectivity index (χ3n) is 24.0. The van der Waals surface area contributed by atoms with Gasteiger partial charge in [0.1, 0.15) is 23.5 Å². The Hall–Kier alpha value is -2.03. The Morgan fingerprint density at radius 3 is 1.00 bits per heavy atom. The van der Waals surface area contributed by atoms with Gasteiger partial charge in [0.15, 0.2) is 0 Å². The van der Waals surface area contributed by atoms with Crippen LogP contribution in [0.5, 0.6) is 0 Å². The number of hydrogen-bond acceptors (Lipinski definition) is 16. The molecule has 0 bridgehead atoms. The molecule has 17 heteroatoms. The minimum atomic E-state index is -0.689. The maximum absolute atomic E-state index is 12.7. The Labute approximate surface area is 631 Å². The highest BCUT2D eigenvalue weighted by molar-refractivity contribution is 5.79. The van der Waals surface area contributed by atoms with Gasteiger partial charge in [-0.3, -0.25) is 33.9 Å². The molecule has 602 valence electrons. The van der Waals surface area contributed by atoms with E-state index in [1.165, 1.54) is 156 Å². The zero-order chi connectivity index (χ0) is 76.8. The van der Waals surface area contributed by atoms with Crippen LogP contribution in [0.4, 0.5) is 4.39 Å². The Morgan fingerprint density at radius 2 is 0.676 bits per heavy atom. The largest absolute Gasteiger partial charge is 0.469 e. The van der Waals surface area contributed by atoms with E-state index >= 15 is 0 Å². The summed E-state index contributed by atoms with van der Waals surface area (Å²) in [6.07, 6.45) is 21.0. The van der Waals surface area contributed by atoms with Gasteiger partial charge in [-0.2, -0.15) is 0 Å². The first-order valence-corrected chi connectivity index (χ1v) is 42.3. The van der Waals surface area contributed by atoms with Crippen LogP contribution in [-0.2, 0) is 23.9 Å². The summed E-state index contributed by atoms with van der Waals surface area (Å²) in [6, 6.07) is 6.07. The highest BCUT2D eigenvalue weighted by Crippen LogP contribution is 2.52. The first-order valence-electron chi connectivity index (χ1n) is 42.3. The number of rotatable bonds is 15. The van der Waals surface area contributed by atoms with Gasteiger partial charge < -0.3 is 43.9 Å². The van der Waals surface area contributed by atoms with E-state index in [2.05, 4.69) is 192 Å². The third-order valence-corrected chi connectivity index (χ3v) is 24.0. The van der Waals surface area contributed by atoms with Crippen LogP contribution >= 0.6 is 0 Å². The summed E-state index contributed by atoms with van der Waals surface area (Å²) in [6.45, 7) is 75.9. The van der Waals surface area contributed by atoms with Crippen molar-refractivity contribution in [3.05, 3.63) is 0 Å². The van der Waals surface area contributed by atoms with Crippen LogP contribution in [0.2, 0.25) is 0 Å². The molecule has 9 aliphatic heterocycles. The zero-order valence-corrected chi connectivity index (χ0v) is 71.8. The van der Waals surface area contributed by atoms with Gasteiger partial charge >= 0.3 is 5.97 Å². The van der Waals surface area contributed by atoms with E-state index in [0.717, 1.165) is 139 Å². The number of likely N-dealkylation sites (N-methyl/N-ethyl adjacent to an activating group) is 1. The molecule has 0 radical (unpaired) electrons. The molecular formula is C85H170FN11O5. The number of likely N-dealkylation sites (tertiary alicyclic amines) is 7. The van der Waals surface area contributed by atoms with E-state index in [1.807, 2.05) is 0 Å². The smallest absolute Gasteiger partial charge is 0.308 e. The Bertz CT molecular complexity index is 2120. The second kappa shape index (κ2) is 52.1. The highest BCUT2D eigenvalue weighted by atomic mass is 19.1. The monoisotopic (exact) mass is 1440 g/mol. The number of methoxy groups -OCH3 is 1. The molecule has 0 N–H and O–H groups in total. The zero-order valence-electron chi connectivity index (χ0n) is 71.8. The minimum Gasteiger partial charge on any atom is -0.469 e. The Morgan fingerprint density at radius 1 is 0.353 bits per heavy atom. The molecule has 0 aromatic heterocycles. The molecule has 102 heavy (non-hydrogen) atoms. The number of ether oxygens (including phenoxy) is 1. The van der Waals surface area contributed by atoms with Gasteiger partial charge in [-0.15, -0.1) is 0 Å². The number of esters is 1. The molecule has 10 rings (SSSR count). The summed E-state index contributed by atoms with van der Waals surface area (Å²) in [7, 11) is 3.66. The van der Waals surface area contributed by atoms with Crippen molar-refractivity contribution in [3.63, 3.8) is 0 Å². The number of piperazine rings is 2. The van der Waals surface area contributed by atoms with Crippen LogP contribution in [0.15, 0.2) is 0 Å². The molecular weight excluding hydrogens is 1270 g/mol. The van der Waals surface area contributed by atoms with Crippen molar-refractivity contribution in [2.45, 2.75) is 329 Å². The van der Waals surface area contributed by atoms with Crippen molar-refractivity contribution in [2.75, 3.05) is 165 Å². The molecule has 9 heterocycles. The third kappa shape index (κ3) is 40.4. The van der Waals surface area contributed by atoms with Gasteiger partial charge in [-0.1, -0.05) is 13.3 Å². The van der Waals surface area contributed by atoms with Crippen molar-refractivity contribution >= 4 is 23.3 Å². The lowest BCUT2D eigenvalue weighted by atomic mass is 9.93. The number of halogens is 1. The second-order valence-corrected chi connectivity index (χ2v) is 35.4. The SMILES string of the molecule is CC(=O)C1CCCN(C(C)C)C1.CC(=O)C1CCCN(C(C)C)C1.CC(=O)C1CCN(C(C)C)CC1.CC(C)N1CCCC2(CC2)C1.CC(C)N1CCCCC1.CC(C)N1CCN(C)CC1.CC(F)CN1CCN(C(C)C)CC1.CC1CCCN(C(C)C)C1.COC(=O)C1CCN(C(C)C)CC1. The minimum absolute atomic E-state index is 0.0385. The number of alkyl halides is 1. The summed E-state index contributed by atoms with van der Waals surface area (Å²) in [5, 5.41) is 0. The Kier molecular flexibility index (Phi) is 49.1. The number of hydrogen-bond donors (Lipinski definition) is 0. The van der Waals surface area contributed by atoms with E-state index in [1.54, 1.807) is 27.7 Å². The van der Waals surface area contributed by atoms with Crippen LogP contribution in [0.25, 0.3) is 0 Å². The number of Topliss-reactive ketones (excluding diaryl/α,β-unsaturated/α-hetero) is 3. The van der Waals surface area contributed by atoms with Crippen LogP contribution in [-0.4, -0.2) is 302 Å². The van der Waals surface area contributed by atoms with Crippen molar-refractivity contribution < 1.29 is 28.3 Å². The lowest BCUT2D eigenvalue weighted by Gasteiger charge is -2.37. The van der Waals surface area contributed by atoms with E-state index < -0.39 is 6.17 Å². The fourth-order valence-corrected chi connectivity index (χ4v) is 15.8. The first-order chi connectivity index (χ1) is 48.0. The number of piperidine rings is 7. The van der Waals surface area contributed by atoms with Crippen LogP contribution < -0.4 is 0 Å². The summed E-state index contributed by atoms with van der Waals surface area (Å²) < 4.78 is 17.4. The van der Waals surface area contributed by atoms with Crippen molar-refractivity contribution in [2.24, 2.45) is 35.0 Å². The molecule has 10 aliphatic rings. The summed E-state index contributed by atoms with van der Waals surface area (Å²) in [5.41, 5.74) is 0.808. The standard InChI is InChI=1S/C10H21FN2.C10H19NO2.3C10H19NO.C10H19N.C9H19N.C8H18N2.C8H17N/c1-9(2)13-6-4-12(5-7-13)8-10(3)11;1-8(2)11-6-4-9(5-7-11)10(12)13-3;1-8(2)11-6-4-10(5-7-11)9(3)12;2*1-8(2)11-6-4-5-10(7-11)9(3)12;1-9(2)11-7-3-4-10(8-11)5-6-10;1-8(2)10-6-4-5-9(3)7-10;1-8(2)10-6-4-9(3)5-7-10;1-8(2)9-6-4-3-5-7-9/h9-10H,4-8H2,1-3H3;8-9H,4-7H2,1-3H3;3*8,10H,4-7H2,1-3H3;9H,3-8H2,1-2H3;8-9H,4-7H2,1-3H3;8H,4-7H2,1-3H3;8H,3-7H2,1-2H3. The van der Waals surface area contributed by atoms with E-state index in [-0.39, 0.29) is 11.9 Å². The molecule has 10 fully saturated rings. The maximum atomic E-state index is 12.7. The molecule has 0 aromatic carbocycles. The van der Waals surface area contributed by atoms with Crippen LogP contribution in [0.1, 0.15) is 268 Å². The number of nitrogens with zero attached hydrogens (tertiary/aromatic N) is 11. The Balaban J connectivity index is 0.000000391. The number of ketones is 3. The van der Waals surface area contributed by atoms with Crippen LogP contribution in [0, 0.1) is 35.0 Å². The van der Waals surface area contributed by atoms with E-state index in [9.17, 15) is 23.6 Å². The fourth-order valence-electron chi connectivity index (χ4n) is 15.8. The topological polar surface area (TPSA) is 113 Å². The predicted molar refractivity (Wildman–Crippen MR) is 433 cm³/mol. The molecule has 16 nitrogen and oxygen atoms in total. The van der Waals surface area contributed by atoms with E-state index in [0.29, 0.717) is 71.9 Å². The summed E-state index contributed by atoms with van der Waals surface area (Å²) in [4.78, 5) is 71.5. The first kappa shape index (κ1) is 96.0. The number of carbonyl (C=O) groups is 4. The van der Waals surface area contributed by atoms with Gasteiger partial charge in [0.2, 0.25) is 0 Å². The molecule has 1 saturated carbocycles. The van der Waals surface area contributed by atoms with Gasteiger partial charge in [-0.05, 0) is 339 Å². The molecule has 4 atom stereocenters. The average molecular weight is 1450 g/mol. The molecule has 0 aromatic rings. The molecule has 9 saturated heterocycles. The average Bonchev–Trinajstić information content (AvgIpc) is 1.64. The second-order valence-electron chi connectivity index (χ2n) is 35.4. The highest BCUT2D eigenvalue weighted by Gasteiger charge is 2.45. The van der Waals surface area contributed by atoms with Crippen LogP contribution in [0.3, 0.4) is 0 Å².